The van der Waals surface area contributed by atoms with Crippen molar-refractivity contribution in [1.29, 1.82) is 0 Å². The van der Waals surface area contributed by atoms with Gasteiger partial charge in [0.25, 0.3) is 5.91 Å². The number of halogens is 4. The summed E-state index contributed by atoms with van der Waals surface area (Å²) in [5.74, 6) is -0.790. The first-order valence-corrected chi connectivity index (χ1v) is 9.95. The molecule has 166 valence electrons. The van der Waals surface area contributed by atoms with Gasteiger partial charge in [0.15, 0.2) is 6.61 Å². The van der Waals surface area contributed by atoms with Crippen molar-refractivity contribution in [3.8, 4) is 11.5 Å². The van der Waals surface area contributed by atoms with Crippen molar-refractivity contribution in [3.63, 3.8) is 0 Å². The molecular weight excluding hydrogens is 437 g/mol. The van der Waals surface area contributed by atoms with Crippen molar-refractivity contribution in [2.45, 2.75) is 43.2 Å². The Hall–Kier alpha value is -2.49. The van der Waals surface area contributed by atoms with E-state index in [1.54, 1.807) is 6.07 Å². The van der Waals surface area contributed by atoms with Gasteiger partial charge in [0.1, 0.15) is 23.5 Å². The third-order valence-electron chi connectivity index (χ3n) is 5.54. The summed E-state index contributed by atoms with van der Waals surface area (Å²) in [7, 11) is 0. The van der Waals surface area contributed by atoms with Crippen molar-refractivity contribution in [2.24, 2.45) is 0 Å². The van der Waals surface area contributed by atoms with Crippen LogP contribution in [-0.2, 0) is 4.79 Å². The van der Waals surface area contributed by atoms with Crippen molar-refractivity contribution in [1.82, 2.24) is 10.6 Å². The number of ether oxygens (including phenoxy) is 2. The highest BCUT2D eigenvalue weighted by Crippen LogP contribution is 2.61. The van der Waals surface area contributed by atoms with Crippen LogP contribution in [0.4, 0.5) is 13.2 Å². The van der Waals surface area contributed by atoms with Crippen molar-refractivity contribution in [3.05, 3.63) is 58.9 Å². The molecule has 31 heavy (non-hydrogen) atoms. The summed E-state index contributed by atoms with van der Waals surface area (Å²) in [4.78, 5) is 12.2. The van der Waals surface area contributed by atoms with Gasteiger partial charge in [0.05, 0.1) is 5.02 Å². The maximum absolute atomic E-state index is 13.4. The Labute approximate surface area is 181 Å². The number of carbonyl (C=O) groups excluding carboxylic acids is 1. The zero-order chi connectivity index (χ0) is 22.2. The van der Waals surface area contributed by atoms with Crippen LogP contribution in [0.2, 0.25) is 5.02 Å². The van der Waals surface area contributed by atoms with Crippen LogP contribution >= 0.6 is 11.6 Å². The van der Waals surface area contributed by atoms with E-state index in [1.165, 1.54) is 30.3 Å². The average molecular weight is 457 g/mol. The fourth-order valence-corrected chi connectivity index (χ4v) is 4.47. The second kappa shape index (κ2) is 8.22. The number of aliphatic hydroxyl groups is 1. The zero-order valence-corrected chi connectivity index (χ0v) is 17.0. The number of benzene rings is 2. The lowest BCUT2D eigenvalue weighted by atomic mass is 9.44. The van der Waals surface area contributed by atoms with E-state index in [-0.39, 0.29) is 40.1 Å². The molecule has 3 saturated carbocycles. The van der Waals surface area contributed by atoms with Crippen LogP contribution in [0, 0.1) is 5.82 Å². The Morgan fingerprint density at radius 2 is 1.87 bits per heavy atom. The minimum atomic E-state index is -2.94. The number of alkyl halides is 2. The highest BCUT2D eigenvalue weighted by atomic mass is 35.5. The first kappa shape index (κ1) is 21.7. The van der Waals surface area contributed by atoms with E-state index in [9.17, 15) is 23.1 Å². The second-order valence-electron chi connectivity index (χ2n) is 8.00. The standard InChI is InChI=1S/C21H20ClF3N2O4/c22-15-5-4-13(7-16(15)23)30-8-17(28)26-20-9-21(10-20,11-20)27-18(29)12-2-1-3-14(6-12)31-19(24)25/h1-7,18-19,27,29H,8-11H2,(H,26,28). The predicted molar refractivity (Wildman–Crippen MR) is 106 cm³/mol. The summed E-state index contributed by atoms with van der Waals surface area (Å²) in [6.45, 7) is -3.20. The first-order valence-electron chi connectivity index (χ1n) is 9.57. The second-order valence-corrected chi connectivity index (χ2v) is 8.41. The molecule has 6 nitrogen and oxygen atoms in total. The van der Waals surface area contributed by atoms with E-state index in [2.05, 4.69) is 15.4 Å². The highest BCUT2D eigenvalue weighted by Gasteiger charge is 2.68. The van der Waals surface area contributed by atoms with Crippen LogP contribution in [0.15, 0.2) is 42.5 Å². The summed E-state index contributed by atoms with van der Waals surface area (Å²) < 4.78 is 47.8. The Kier molecular flexibility index (Phi) is 5.76. The van der Waals surface area contributed by atoms with Gasteiger partial charge >= 0.3 is 6.61 Å². The molecule has 0 heterocycles. The third kappa shape index (κ3) is 4.73. The van der Waals surface area contributed by atoms with Gasteiger partial charge < -0.3 is 19.9 Å². The van der Waals surface area contributed by atoms with Crippen molar-refractivity contribution < 1.29 is 32.5 Å². The minimum absolute atomic E-state index is 0.0288. The third-order valence-corrected chi connectivity index (χ3v) is 5.84. The Balaban J connectivity index is 1.24. The molecule has 0 radical (unpaired) electrons. The fraction of sp³-hybridized carbons (Fsp3) is 0.381. The number of aliphatic hydroxyl groups excluding tert-OH is 1. The van der Waals surface area contributed by atoms with Gasteiger partial charge in [-0.1, -0.05) is 23.7 Å². The molecule has 0 aliphatic heterocycles. The minimum Gasteiger partial charge on any atom is -0.484 e. The zero-order valence-electron chi connectivity index (χ0n) is 16.2. The fourth-order valence-electron chi connectivity index (χ4n) is 4.36. The van der Waals surface area contributed by atoms with Crippen LogP contribution in [0.25, 0.3) is 0 Å². The molecule has 0 spiro atoms. The van der Waals surface area contributed by atoms with Crippen molar-refractivity contribution in [2.75, 3.05) is 6.61 Å². The van der Waals surface area contributed by atoms with Crippen LogP contribution < -0.4 is 20.1 Å². The number of carbonyl (C=O) groups is 1. The van der Waals surface area contributed by atoms with E-state index in [4.69, 9.17) is 16.3 Å². The summed E-state index contributed by atoms with van der Waals surface area (Å²) >= 11 is 5.61. The normalized spacial score (nSPS) is 24.7. The van der Waals surface area contributed by atoms with Crippen LogP contribution in [0.5, 0.6) is 11.5 Å². The van der Waals surface area contributed by atoms with Gasteiger partial charge in [-0.25, -0.2) is 4.39 Å². The first-order chi connectivity index (χ1) is 14.7. The van der Waals surface area contributed by atoms with E-state index in [0.29, 0.717) is 24.8 Å². The van der Waals surface area contributed by atoms with Crippen LogP contribution in [-0.4, -0.2) is 35.3 Å². The average Bonchev–Trinajstić information content (AvgIpc) is 2.66. The van der Waals surface area contributed by atoms with Gasteiger partial charge in [-0.15, -0.1) is 0 Å². The highest BCUT2D eigenvalue weighted by molar-refractivity contribution is 6.30. The summed E-state index contributed by atoms with van der Waals surface area (Å²) in [6, 6.07) is 9.79. The molecular formula is C21H20ClF3N2O4. The van der Waals surface area contributed by atoms with Gasteiger partial charge in [-0.05, 0) is 49.1 Å². The molecule has 3 aliphatic carbocycles. The maximum atomic E-state index is 13.4. The molecule has 2 aromatic carbocycles. The van der Waals surface area contributed by atoms with Gasteiger partial charge in [-0.3, -0.25) is 10.1 Å². The molecule has 3 fully saturated rings. The summed E-state index contributed by atoms with van der Waals surface area (Å²) in [5, 5.41) is 16.4. The molecule has 1 atom stereocenters. The van der Waals surface area contributed by atoms with Gasteiger partial charge in [0, 0.05) is 17.1 Å². The Morgan fingerprint density at radius 1 is 1.13 bits per heavy atom. The molecule has 10 heteroatoms. The molecule has 1 amide bonds. The van der Waals surface area contributed by atoms with E-state index in [1.807, 2.05) is 0 Å². The molecule has 5 rings (SSSR count). The van der Waals surface area contributed by atoms with E-state index < -0.39 is 18.7 Å². The molecule has 3 aliphatic rings. The quantitative estimate of drug-likeness (QED) is 0.503. The largest absolute Gasteiger partial charge is 0.484 e. The maximum Gasteiger partial charge on any atom is 0.387 e. The lowest BCUT2D eigenvalue weighted by Crippen LogP contribution is -2.83. The predicted octanol–water partition coefficient (Wildman–Crippen LogP) is 3.53. The van der Waals surface area contributed by atoms with Crippen molar-refractivity contribution >= 4 is 17.5 Å². The van der Waals surface area contributed by atoms with Crippen LogP contribution in [0.3, 0.4) is 0 Å². The smallest absolute Gasteiger partial charge is 0.387 e. The number of amides is 1. The van der Waals surface area contributed by atoms with E-state index >= 15 is 0 Å². The molecule has 0 saturated heterocycles. The van der Waals surface area contributed by atoms with Gasteiger partial charge in [-0.2, -0.15) is 8.78 Å². The lowest BCUT2D eigenvalue weighted by molar-refractivity contribution is -0.151. The topological polar surface area (TPSA) is 79.8 Å². The van der Waals surface area contributed by atoms with Gasteiger partial charge in [0.2, 0.25) is 0 Å². The number of nitrogens with one attached hydrogen (secondary N) is 2. The molecule has 2 aromatic rings. The summed E-state index contributed by atoms with van der Waals surface area (Å²) in [6.07, 6.45) is 0.793. The SMILES string of the molecule is O=C(COc1ccc(Cl)c(F)c1)NC12CC(NC(O)c3cccc(OC(F)F)c3)(C1)C2. The molecule has 3 N–H and O–H groups in total. The molecule has 0 aromatic heterocycles. The number of hydrogen-bond donors (Lipinski definition) is 3. The lowest BCUT2D eigenvalue weighted by Gasteiger charge is -2.71. The van der Waals surface area contributed by atoms with E-state index in [0.717, 1.165) is 6.07 Å². The monoisotopic (exact) mass is 456 g/mol. The number of rotatable bonds is 9. The van der Waals surface area contributed by atoms with Crippen LogP contribution in [0.1, 0.15) is 31.1 Å². The Bertz CT molecular complexity index is 971. The Morgan fingerprint density at radius 3 is 2.55 bits per heavy atom. The summed E-state index contributed by atoms with van der Waals surface area (Å²) in [5.41, 5.74) is -0.282. The number of hydrogen-bond acceptors (Lipinski definition) is 5. The molecule has 2 bridgehead atoms. The molecule has 1 unspecified atom stereocenters.